The van der Waals surface area contributed by atoms with Crippen molar-refractivity contribution < 1.29 is 0 Å². The zero-order valence-electron chi connectivity index (χ0n) is 30.1. The second-order valence-corrected chi connectivity index (χ2v) is 19.2. The second-order valence-electron chi connectivity index (χ2n) is 19.2. The van der Waals surface area contributed by atoms with Gasteiger partial charge in [0.1, 0.15) is 0 Å². The minimum atomic E-state index is 0.902. The predicted octanol–water partition coefficient (Wildman–Crippen LogP) is 14.2. The van der Waals surface area contributed by atoms with Gasteiger partial charge in [0.2, 0.25) is 0 Å². The summed E-state index contributed by atoms with van der Waals surface area (Å²) in [5.74, 6) is 12.9. The van der Waals surface area contributed by atoms with Crippen molar-refractivity contribution in [2.75, 3.05) is 0 Å². The summed E-state index contributed by atoms with van der Waals surface area (Å²) in [5.41, 5.74) is 0. The fourth-order valence-electron chi connectivity index (χ4n) is 13.2. The van der Waals surface area contributed by atoms with Crippen LogP contribution < -0.4 is 0 Å². The molecule has 6 rings (SSSR count). The quantitative estimate of drug-likeness (QED) is 0.196. The van der Waals surface area contributed by atoms with Gasteiger partial charge in [0.05, 0.1) is 0 Å². The fraction of sp³-hybridized carbons (Fsp3) is 1.00. The van der Waals surface area contributed by atoms with Gasteiger partial charge in [-0.2, -0.15) is 0 Å². The summed E-state index contributed by atoms with van der Waals surface area (Å²) in [6.07, 6.45) is 47.2. The summed E-state index contributed by atoms with van der Waals surface area (Å²) in [6.45, 7) is 4.86. The van der Waals surface area contributed by atoms with Crippen molar-refractivity contribution in [1.82, 2.24) is 0 Å². The minimum absolute atomic E-state index is 0.902. The van der Waals surface area contributed by atoms with E-state index in [-0.39, 0.29) is 0 Å². The highest BCUT2D eigenvalue weighted by Gasteiger charge is 2.42. The van der Waals surface area contributed by atoms with Crippen molar-refractivity contribution in [2.24, 2.45) is 71.0 Å². The van der Waals surface area contributed by atoms with Crippen LogP contribution in [0.15, 0.2) is 0 Å². The predicted molar refractivity (Wildman–Crippen MR) is 192 cm³/mol. The minimum Gasteiger partial charge on any atom is -0.0628 e. The summed E-state index contributed by atoms with van der Waals surface area (Å²) < 4.78 is 0. The first-order valence-electron chi connectivity index (χ1n) is 21.6. The molecule has 7 atom stereocenters. The average molecular weight is 607 g/mol. The Hall–Kier alpha value is 0. The third-order valence-corrected chi connectivity index (χ3v) is 15.4. The zero-order valence-corrected chi connectivity index (χ0v) is 30.1. The highest BCUT2D eigenvalue weighted by Crippen LogP contribution is 2.53. The Kier molecular flexibility index (Phi) is 13.4. The van der Waals surface area contributed by atoms with Gasteiger partial charge < -0.3 is 0 Å². The van der Waals surface area contributed by atoms with Crippen LogP contribution in [0.5, 0.6) is 0 Å². The first-order valence-corrected chi connectivity index (χ1v) is 21.6. The van der Waals surface area contributed by atoms with Gasteiger partial charge in [-0.3, -0.25) is 0 Å². The van der Waals surface area contributed by atoms with Crippen LogP contribution in [0.4, 0.5) is 0 Å². The molecule has 0 aromatic rings. The van der Waals surface area contributed by atoms with Crippen molar-refractivity contribution in [3.8, 4) is 0 Å². The first kappa shape index (κ1) is 33.9. The Morgan fingerprint density at radius 1 is 0.386 bits per heavy atom. The van der Waals surface area contributed by atoms with Crippen LogP contribution in [0, 0.1) is 71.0 Å². The lowest BCUT2D eigenvalue weighted by molar-refractivity contribution is 0.164. The highest BCUT2D eigenvalue weighted by molar-refractivity contribution is 4.92. The Labute approximate surface area is 276 Å². The molecule has 6 saturated carbocycles. The van der Waals surface area contributed by atoms with Crippen LogP contribution in [0.1, 0.15) is 206 Å². The van der Waals surface area contributed by atoms with Crippen molar-refractivity contribution in [2.45, 2.75) is 206 Å². The van der Waals surface area contributed by atoms with Gasteiger partial charge in [0.15, 0.2) is 0 Å². The van der Waals surface area contributed by atoms with Crippen LogP contribution in [0.25, 0.3) is 0 Å². The van der Waals surface area contributed by atoms with Crippen LogP contribution in [-0.2, 0) is 0 Å². The Bertz CT molecular complexity index is 776. The summed E-state index contributed by atoms with van der Waals surface area (Å²) >= 11 is 0. The van der Waals surface area contributed by atoms with E-state index >= 15 is 0 Å². The summed E-state index contributed by atoms with van der Waals surface area (Å²) in [5, 5.41) is 0. The summed E-state index contributed by atoms with van der Waals surface area (Å²) in [7, 11) is 0. The zero-order chi connectivity index (χ0) is 30.1. The molecule has 0 aromatic carbocycles. The van der Waals surface area contributed by atoms with E-state index in [1.54, 1.807) is 148 Å². The van der Waals surface area contributed by atoms with E-state index in [0.717, 1.165) is 71.0 Å². The number of hydrogen-bond donors (Lipinski definition) is 0. The Morgan fingerprint density at radius 3 is 1.57 bits per heavy atom. The van der Waals surface area contributed by atoms with Gasteiger partial charge in [-0.15, -0.1) is 0 Å². The monoisotopic (exact) mass is 607 g/mol. The van der Waals surface area contributed by atoms with E-state index in [1.165, 1.54) is 44.9 Å². The van der Waals surface area contributed by atoms with Crippen LogP contribution >= 0.6 is 0 Å². The number of hydrogen-bond acceptors (Lipinski definition) is 0. The Balaban J connectivity index is 0.955. The highest BCUT2D eigenvalue weighted by atomic mass is 14.5. The van der Waals surface area contributed by atoms with Crippen molar-refractivity contribution in [3.63, 3.8) is 0 Å². The van der Waals surface area contributed by atoms with Crippen molar-refractivity contribution in [3.05, 3.63) is 0 Å². The average Bonchev–Trinajstić information content (AvgIpc) is 3.68. The van der Waals surface area contributed by atoms with Crippen LogP contribution in [-0.4, -0.2) is 0 Å². The van der Waals surface area contributed by atoms with Gasteiger partial charge in [0.25, 0.3) is 0 Å². The Morgan fingerprint density at radius 2 is 0.909 bits per heavy atom. The third-order valence-electron chi connectivity index (χ3n) is 15.4. The summed E-state index contributed by atoms with van der Waals surface area (Å²) in [6, 6.07) is 0. The van der Waals surface area contributed by atoms with E-state index < -0.39 is 0 Å². The van der Waals surface area contributed by atoms with Gasteiger partial charge in [-0.25, -0.2) is 0 Å². The van der Waals surface area contributed by atoms with Gasteiger partial charge in [-0.05, 0) is 129 Å². The van der Waals surface area contributed by atoms with Crippen LogP contribution in [0.2, 0.25) is 0 Å². The lowest BCUT2D eigenvalue weighted by Gasteiger charge is -2.35. The van der Waals surface area contributed by atoms with E-state index in [2.05, 4.69) is 13.8 Å². The lowest BCUT2D eigenvalue weighted by Crippen LogP contribution is -2.23. The van der Waals surface area contributed by atoms with E-state index in [0.29, 0.717) is 0 Å². The molecule has 6 aliphatic rings. The third kappa shape index (κ3) is 10.2. The molecule has 0 N–H and O–H groups in total. The smallest absolute Gasteiger partial charge is 0.0355 e. The van der Waals surface area contributed by atoms with Gasteiger partial charge >= 0.3 is 0 Å². The molecule has 0 radical (unpaired) electrons. The maximum atomic E-state index is 2.43. The van der Waals surface area contributed by atoms with Crippen LogP contribution in [0.3, 0.4) is 0 Å². The van der Waals surface area contributed by atoms with Gasteiger partial charge in [0, 0.05) is 0 Å². The second kappa shape index (κ2) is 17.4. The number of rotatable bonds is 13. The maximum Gasteiger partial charge on any atom is -0.0355 e. The van der Waals surface area contributed by atoms with E-state index in [9.17, 15) is 0 Å². The largest absolute Gasteiger partial charge is 0.0628 e. The molecule has 0 aromatic heterocycles. The molecule has 0 amide bonds. The van der Waals surface area contributed by atoms with E-state index in [1.807, 2.05) is 0 Å². The molecular weight excluding hydrogens is 528 g/mol. The molecule has 254 valence electrons. The normalized spacial score (nSPS) is 39.8. The van der Waals surface area contributed by atoms with Crippen molar-refractivity contribution in [1.29, 1.82) is 0 Å². The molecule has 6 aliphatic carbocycles. The molecular formula is C44H78. The molecule has 0 spiro atoms. The molecule has 44 heavy (non-hydrogen) atoms. The lowest BCUT2D eigenvalue weighted by atomic mass is 9.70. The summed E-state index contributed by atoms with van der Waals surface area (Å²) in [4.78, 5) is 0. The van der Waals surface area contributed by atoms with Gasteiger partial charge in [-0.1, -0.05) is 149 Å². The van der Waals surface area contributed by atoms with Crippen molar-refractivity contribution >= 4 is 0 Å². The molecule has 7 unspecified atom stereocenters. The van der Waals surface area contributed by atoms with E-state index in [4.69, 9.17) is 0 Å². The standard InChI is InChI=1S/C44H78/c1-33(2)26-36-17-19-37(20-18-36)27-38-14-9-15-39(28-38)29-40-23-25-43(30-40)44-32-41(21-16-34-10-5-3-6-11-34)31-42(44)24-22-35-12-7-4-8-13-35/h33-44H,3-32H2,1-2H3. The topological polar surface area (TPSA) is 0 Å². The first-order chi connectivity index (χ1) is 21.6. The fourth-order valence-corrected chi connectivity index (χ4v) is 13.2. The molecule has 0 nitrogen and oxygen atoms in total. The molecule has 6 fully saturated rings. The molecule has 0 saturated heterocycles. The maximum absolute atomic E-state index is 2.43. The molecule has 0 heteroatoms. The molecule has 0 bridgehead atoms. The molecule has 0 aliphatic heterocycles. The SMILES string of the molecule is CC(C)CC1CCC(CC2CCCC(CC3CCC(C4CC(CCC5CCCCC5)CC4CCC4CCCCC4)C3)C2)CC1. The molecule has 0 heterocycles.